The Morgan fingerprint density at radius 2 is 0.965 bits per heavy atom. The topological polar surface area (TPSA) is 51.8 Å². The van der Waals surface area contributed by atoms with Gasteiger partial charge in [0.25, 0.3) is 5.52 Å². The molecule has 268 valence electrons. The Balaban J connectivity index is 1.11. The molecule has 12 rings (SSSR count). The second-order valence-corrected chi connectivity index (χ2v) is 15.2. The Labute approximate surface area is 330 Å². The molecule has 1 aliphatic heterocycles. The van der Waals surface area contributed by atoms with Crippen molar-refractivity contribution in [3.63, 3.8) is 0 Å². The van der Waals surface area contributed by atoms with Crippen LogP contribution in [0.25, 0.3) is 78.4 Å². The Bertz CT molecular complexity index is 3020. The van der Waals surface area contributed by atoms with Crippen LogP contribution in [-0.4, -0.2) is 21.6 Å². The van der Waals surface area contributed by atoms with Crippen molar-refractivity contribution < 1.29 is 9.30 Å². The zero-order chi connectivity index (χ0) is 37.5. The maximum Gasteiger partial charge on any atom is 0.255 e. The SMILES string of the molecule is c1ccc(-c2nc(-c3ccccc3)nc(-c3ccc4c(c3)C3(c5ccccc5-4)c4ccccc4-c4ccc(-c5ccc6ccc[n+]7c6c5OCCC7)cc43)n2)cc1. The van der Waals surface area contributed by atoms with Crippen LogP contribution in [0.4, 0.5) is 0 Å². The molecule has 3 heterocycles. The molecule has 5 nitrogen and oxygen atoms in total. The fourth-order valence-electron chi connectivity index (χ4n) is 9.69. The molecule has 9 aromatic rings. The Hall–Kier alpha value is -7.24. The van der Waals surface area contributed by atoms with Crippen LogP contribution in [0.15, 0.2) is 176 Å². The maximum atomic E-state index is 6.62. The largest absolute Gasteiger partial charge is 0.486 e. The van der Waals surface area contributed by atoms with Crippen LogP contribution in [0, 0.1) is 0 Å². The molecule has 57 heavy (non-hydrogen) atoms. The van der Waals surface area contributed by atoms with Crippen molar-refractivity contribution in [2.45, 2.75) is 18.4 Å². The van der Waals surface area contributed by atoms with Gasteiger partial charge in [0, 0.05) is 34.7 Å². The van der Waals surface area contributed by atoms with Crippen molar-refractivity contribution >= 4 is 10.9 Å². The van der Waals surface area contributed by atoms with E-state index in [9.17, 15) is 0 Å². The van der Waals surface area contributed by atoms with E-state index in [-0.39, 0.29) is 0 Å². The average Bonchev–Trinajstić information content (AvgIpc) is 3.63. The minimum absolute atomic E-state index is 0.562. The van der Waals surface area contributed by atoms with Gasteiger partial charge in [0.15, 0.2) is 36.0 Å². The molecule has 0 saturated carbocycles. The van der Waals surface area contributed by atoms with Crippen LogP contribution < -0.4 is 9.30 Å². The van der Waals surface area contributed by atoms with Gasteiger partial charge in [-0.25, -0.2) is 15.0 Å². The summed E-state index contributed by atoms with van der Waals surface area (Å²) >= 11 is 0. The van der Waals surface area contributed by atoms with E-state index in [1.54, 1.807) is 0 Å². The highest BCUT2D eigenvalue weighted by atomic mass is 16.5. The van der Waals surface area contributed by atoms with E-state index in [1.807, 2.05) is 36.4 Å². The number of aromatic nitrogens is 4. The Morgan fingerprint density at radius 3 is 1.61 bits per heavy atom. The van der Waals surface area contributed by atoms with Crippen molar-refractivity contribution in [1.82, 2.24) is 15.0 Å². The lowest BCUT2D eigenvalue weighted by Crippen LogP contribution is -2.33. The number of ether oxygens (including phenoxy) is 1. The minimum atomic E-state index is -0.562. The van der Waals surface area contributed by atoms with Gasteiger partial charge in [0.2, 0.25) is 0 Å². The molecule has 2 aromatic heterocycles. The van der Waals surface area contributed by atoms with Gasteiger partial charge in [-0.1, -0.05) is 133 Å². The summed E-state index contributed by atoms with van der Waals surface area (Å²) < 4.78 is 8.98. The van der Waals surface area contributed by atoms with Gasteiger partial charge in [0.1, 0.15) is 0 Å². The molecule has 1 atom stereocenters. The quantitative estimate of drug-likeness (QED) is 0.169. The van der Waals surface area contributed by atoms with E-state index in [2.05, 4.69) is 144 Å². The molecule has 0 fully saturated rings. The second-order valence-electron chi connectivity index (χ2n) is 15.2. The predicted molar refractivity (Wildman–Crippen MR) is 226 cm³/mol. The molecule has 0 N–H and O–H groups in total. The number of hydrogen-bond acceptors (Lipinski definition) is 4. The summed E-state index contributed by atoms with van der Waals surface area (Å²) in [6.45, 7) is 1.62. The molecule has 7 aromatic carbocycles. The monoisotopic (exact) mass is 731 g/mol. The van der Waals surface area contributed by atoms with Gasteiger partial charge >= 0.3 is 0 Å². The van der Waals surface area contributed by atoms with Crippen molar-refractivity contribution in [1.29, 1.82) is 0 Å². The zero-order valence-electron chi connectivity index (χ0n) is 31.1. The van der Waals surface area contributed by atoms with Crippen LogP contribution in [0.2, 0.25) is 0 Å². The number of nitrogens with zero attached hydrogens (tertiary/aromatic N) is 4. The summed E-state index contributed by atoms with van der Waals surface area (Å²) in [5, 5.41) is 1.19. The average molecular weight is 732 g/mol. The van der Waals surface area contributed by atoms with Gasteiger partial charge in [-0.2, -0.15) is 4.57 Å². The second kappa shape index (κ2) is 12.4. The molecule has 5 heteroatoms. The first-order valence-electron chi connectivity index (χ1n) is 19.7. The third kappa shape index (κ3) is 4.69. The molecule has 0 bridgehead atoms. The van der Waals surface area contributed by atoms with Crippen LogP contribution in [0.1, 0.15) is 28.7 Å². The summed E-state index contributed by atoms with van der Waals surface area (Å²) in [6, 6.07) is 61.0. The van der Waals surface area contributed by atoms with Gasteiger partial charge in [-0.3, -0.25) is 0 Å². The van der Waals surface area contributed by atoms with Crippen molar-refractivity contribution in [3.8, 4) is 73.3 Å². The zero-order valence-corrected chi connectivity index (χ0v) is 31.1. The molecule has 0 amide bonds. The van der Waals surface area contributed by atoms with Crippen LogP contribution in [0.3, 0.4) is 0 Å². The van der Waals surface area contributed by atoms with E-state index in [1.165, 1.54) is 49.9 Å². The maximum absolute atomic E-state index is 6.62. The van der Waals surface area contributed by atoms with Gasteiger partial charge < -0.3 is 4.74 Å². The van der Waals surface area contributed by atoms with E-state index in [0.29, 0.717) is 24.1 Å². The highest BCUT2D eigenvalue weighted by Crippen LogP contribution is 2.63. The molecular weight excluding hydrogens is 697 g/mol. The number of aryl methyl sites for hydroxylation is 1. The van der Waals surface area contributed by atoms with E-state index >= 15 is 0 Å². The highest BCUT2D eigenvalue weighted by molar-refractivity contribution is 5.98. The number of hydrogen-bond donors (Lipinski definition) is 0. The number of fused-ring (bicyclic) bond motifs is 10. The summed E-state index contributed by atoms with van der Waals surface area (Å²) in [4.78, 5) is 15.3. The third-order valence-electron chi connectivity index (χ3n) is 12.1. The molecule has 0 radical (unpaired) electrons. The summed E-state index contributed by atoms with van der Waals surface area (Å²) in [5.74, 6) is 2.91. The summed E-state index contributed by atoms with van der Waals surface area (Å²) in [5.41, 5.74) is 15.8. The Kier molecular flexibility index (Phi) is 6.96. The lowest BCUT2D eigenvalue weighted by atomic mass is 9.70. The molecular formula is C52H35N4O+. The number of pyridine rings is 1. The van der Waals surface area contributed by atoms with Gasteiger partial charge in [0.05, 0.1) is 17.4 Å². The first-order chi connectivity index (χ1) is 28.3. The Morgan fingerprint density at radius 1 is 0.439 bits per heavy atom. The predicted octanol–water partition coefficient (Wildman–Crippen LogP) is 11.1. The van der Waals surface area contributed by atoms with E-state index in [4.69, 9.17) is 19.7 Å². The van der Waals surface area contributed by atoms with E-state index < -0.39 is 5.41 Å². The number of rotatable bonds is 4. The molecule has 0 saturated heterocycles. The lowest BCUT2D eigenvalue weighted by molar-refractivity contribution is -0.670. The number of benzene rings is 7. The summed E-state index contributed by atoms with van der Waals surface area (Å²) in [7, 11) is 0. The third-order valence-corrected chi connectivity index (χ3v) is 12.1. The fraction of sp³-hybridized carbons (Fsp3) is 0.0769. The first-order valence-corrected chi connectivity index (χ1v) is 19.7. The lowest BCUT2D eigenvalue weighted by Gasteiger charge is -2.31. The van der Waals surface area contributed by atoms with Crippen LogP contribution in [0.5, 0.6) is 5.75 Å². The van der Waals surface area contributed by atoms with E-state index in [0.717, 1.165) is 52.0 Å². The molecule has 3 aliphatic rings. The van der Waals surface area contributed by atoms with Crippen LogP contribution >= 0.6 is 0 Å². The molecule has 2 aliphatic carbocycles. The smallest absolute Gasteiger partial charge is 0.255 e. The van der Waals surface area contributed by atoms with Gasteiger partial charge in [-0.15, -0.1) is 0 Å². The first kappa shape index (κ1) is 32.0. The minimum Gasteiger partial charge on any atom is -0.486 e. The van der Waals surface area contributed by atoms with Gasteiger partial charge in [-0.05, 0) is 80.4 Å². The van der Waals surface area contributed by atoms with Crippen LogP contribution in [-0.2, 0) is 12.0 Å². The van der Waals surface area contributed by atoms with Crippen molar-refractivity contribution in [2.24, 2.45) is 0 Å². The standard InChI is InChI=1S/C52H35N4O/c1-3-13-34(14-4-1)49-53-50(35-15-5-2-6-16-35)55-51(54-49)37-24-27-42-40-19-8-10-21-44(40)52(46(42)32-37)43-20-9-7-18-39(43)41-26-23-36(31-45(41)52)38-25-22-33-17-11-28-56-29-12-30-57-48(38)47(33)56/h1-11,13-28,31-32H,12,29-30H2/q+1. The normalized spacial score (nSPS) is 15.7. The molecule has 1 unspecified atom stereocenters. The molecule has 1 spiro atoms. The van der Waals surface area contributed by atoms with Crippen molar-refractivity contribution in [2.75, 3.05) is 6.61 Å². The fourth-order valence-corrected chi connectivity index (χ4v) is 9.69. The van der Waals surface area contributed by atoms with Crippen molar-refractivity contribution in [3.05, 3.63) is 198 Å². The summed E-state index contributed by atoms with van der Waals surface area (Å²) in [6.07, 6.45) is 3.15. The highest BCUT2D eigenvalue weighted by Gasteiger charge is 2.52.